The summed E-state index contributed by atoms with van der Waals surface area (Å²) in [6.07, 6.45) is 1.38. The Labute approximate surface area is 142 Å². The number of amides is 1. The average molecular weight is 332 g/mol. The predicted octanol–water partition coefficient (Wildman–Crippen LogP) is 1.94. The fourth-order valence-corrected chi connectivity index (χ4v) is 3.48. The highest BCUT2D eigenvalue weighted by molar-refractivity contribution is 5.76. The second kappa shape index (κ2) is 7.66. The number of carbonyl (C=O) groups is 2. The van der Waals surface area contributed by atoms with Crippen LogP contribution >= 0.6 is 0 Å². The van der Waals surface area contributed by atoms with Gasteiger partial charge < -0.3 is 14.4 Å². The summed E-state index contributed by atoms with van der Waals surface area (Å²) >= 11 is 0. The molecule has 0 spiro atoms. The number of fused-ring (bicyclic) bond motifs is 1. The normalized spacial score (nSPS) is 25.9. The third-order valence-electron chi connectivity index (χ3n) is 4.74. The van der Waals surface area contributed by atoms with Gasteiger partial charge in [0.15, 0.2) is 0 Å². The van der Waals surface area contributed by atoms with Gasteiger partial charge in [-0.3, -0.25) is 10.1 Å². The third kappa shape index (κ3) is 3.87. The van der Waals surface area contributed by atoms with Crippen molar-refractivity contribution in [2.45, 2.75) is 38.5 Å². The summed E-state index contributed by atoms with van der Waals surface area (Å²) in [5.41, 5.74) is 0.974. The third-order valence-corrected chi connectivity index (χ3v) is 4.74. The lowest BCUT2D eigenvalue weighted by Gasteiger charge is -2.34. The Balaban J connectivity index is 1.49. The van der Waals surface area contributed by atoms with Crippen molar-refractivity contribution in [1.29, 1.82) is 0 Å². The Morgan fingerprint density at radius 2 is 2.04 bits per heavy atom. The summed E-state index contributed by atoms with van der Waals surface area (Å²) in [7, 11) is 0. The minimum Gasteiger partial charge on any atom is -0.465 e. The van der Waals surface area contributed by atoms with Crippen molar-refractivity contribution in [1.82, 2.24) is 10.2 Å². The molecule has 0 saturated carbocycles. The molecule has 130 valence electrons. The zero-order chi connectivity index (χ0) is 16.9. The molecule has 2 fully saturated rings. The van der Waals surface area contributed by atoms with Crippen LogP contribution in [0.4, 0.5) is 4.79 Å². The lowest BCUT2D eigenvalue weighted by atomic mass is 9.91. The molecule has 2 saturated heterocycles. The summed E-state index contributed by atoms with van der Waals surface area (Å²) in [4.78, 5) is 25.9. The maximum atomic E-state index is 12.3. The summed E-state index contributed by atoms with van der Waals surface area (Å²) in [6.45, 7) is 3.73. The predicted molar refractivity (Wildman–Crippen MR) is 88.3 cm³/mol. The fourth-order valence-electron chi connectivity index (χ4n) is 3.48. The highest BCUT2D eigenvalue weighted by Crippen LogP contribution is 2.29. The van der Waals surface area contributed by atoms with Crippen molar-refractivity contribution >= 4 is 12.1 Å². The first kappa shape index (κ1) is 16.8. The van der Waals surface area contributed by atoms with Gasteiger partial charge in [-0.2, -0.15) is 0 Å². The van der Waals surface area contributed by atoms with E-state index in [2.05, 4.69) is 5.32 Å². The fraction of sp³-hybridized carbons (Fsp3) is 0.556. The van der Waals surface area contributed by atoms with Gasteiger partial charge in [-0.05, 0) is 31.2 Å². The number of likely N-dealkylation sites (tertiary alicyclic amines) is 1. The second-order valence-corrected chi connectivity index (χ2v) is 6.35. The molecule has 1 aromatic rings. The van der Waals surface area contributed by atoms with E-state index < -0.39 is 0 Å². The Kier molecular flexibility index (Phi) is 5.35. The van der Waals surface area contributed by atoms with E-state index in [1.165, 1.54) is 0 Å². The van der Waals surface area contributed by atoms with Gasteiger partial charge in [0.2, 0.25) is 0 Å². The molecule has 3 rings (SSSR count). The molecular formula is C18H24N2O4. The van der Waals surface area contributed by atoms with Crippen LogP contribution in [0.5, 0.6) is 0 Å². The van der Waals surface area contributed by atoms with Crippen molar-refractivity contribution in [2.75, 3.05) is 19.7 Å². The van der Waals surface area contributed by atoms with Crippen LogP contribution in [0, 0.1) is 5.92 Å². The van der Waals surface area contributed by atoms with E-state index in [4.69, 9.17) is 9.47 Å². The molecule has 2 unspecified atom stereocenters. The number of benzene rings is 1. The van der Waals surface area contributed by atoms with Gasteiger partial charge in [-0.25, -0.2) is 4.79 Å². The van der Waals surface area contributed by atoms with E-state index in [0.717, 1.165) is 18.4 Å². The molecule has 2 heterocycles. The van der Waals surface area contributed by atoms with Crippen LogP contribution in [-0.4, -0.2) is 48.7 Å². The minimum atomic E-state index is -0.293. The summed E-state index contributed by atoms with van der Waals surface area (Å²) in [5.74, 6) is 0.225. The van der Waals surface area contributed by atoms with Crippen LogP contribution in [0.1, 0.15) is 25.3 Å². The highest BCUT2D eigenvalue weighted by Gasteiger charge is 2.42. The van der Waals surface area contributed by atoms with Crippen LogP contribution in [0.15, 0.2) is 30.3 Å². The lowest BCUT2D eigenvalue weighted by molar-refractivity contribution is -0.145. The largest absolute Gasteiger partial charge is 0.465 e. The van der Waals surface area contributed by atoms with Crippen LogP contribution in [0.25, 0.3) is 0 Å². The van der Waals surface area contributed by atoms with Gasteiger partial charge in [0.25, 0.3) is 0 Å². The number of rotatable bonds is 4. The van der Waals surface area contributed by atoms with Gasteiger partial charge >= 0.3 is 12.1 Å². The smallest absolute Gasteiger partial charge is 0.410 e. The van der Waals surface area contributed by atoms with Crippen molar-refractivity contribution in [3.05, 3.63) is 35.9 Å². The van der Waals surface area contributed by atoms with Gasteiger partial charge in [0.1, 0.15) is 12.6 Å². The Morgan fingerprint density at radius 1 is 1.25 bits per heavy atom. The summed E-state index contributed by atoms with van der Waals surface area (Å²) < 4.78 is 10.5. The topological polar surface area (TPSA) is 67.9 Å². The first-order valence-electron chi connectivity index (χ1n) is 8.55. The maximum absolute atomic E-state index is 12.3. The van der Waals surface area contributed by atoms with E-state index >= 15 is 0 Å². The number of nitrogens with zero attached hydrogens (tertiary/aromatic N) is 1. The van der Waals surface area contributed by atoms with Gasteiger partial charge in [-0.15, -0.1) is 0 Å². The van der Waals surface area contributed by atoms with Gasteiger partial charge in [-0.1, -0.05) is 30.3 Å². The number of esters is 1. The number of hydrogen-bond donors (Lipinski definition) is 1. The molecule has 0 bridgehead atoms. The number of nitrogens with one attached hydrogen (secondary N) is 1. The molecule has 3 atom stereocenters. The number of carbonyl (C=O) groups excluding carboxylic acids is 2. The van der Waals surface area contributed by atoms with Crippen molar-refractivity contribution < 1.29 is 19.1 Å². The Morgan fingerprint density at radius 3 is 2.79 bits per heavy atom. The molecule has 24 heavy (non-hydrogen) atoms. The molecule has 0 radical (unpaired) electrons. The van der Waals surface area contributed by atoms with Gasteiger partial charge in [0, 0.05) is 19.1 Å². The Bertz CT molecular complexity index is 578. The number of ether oxygens (including phenoxy) is 2. The standard InChI is InChI=1S/C18H24N2O4/c1-2-23-17(21)15-10-14-8-9-20(11-16(14)19-15)18(22)24-12-13-6-4-3-5-7-13/h3-7,14-16,19H,2,8-12H2,1H3/t14?,15?,16-/m0/s1. The number of hydrogen-bond acceptors (Lipinski definition) is 5. The SMILES string of the molecule is CCOC(=O)C1CC2CCN(C(=O)OCc3ccccc3)C[C@@H]2N1. The van der Waals surface area contributed by atoms with Crippen LogP contribution in [0.3, 0.4) is 0 Å². The van der Waals surface area contributed by atoms with E-state index in [1.54, 1.807) is 4.90 Å². The van der Waals surface area contributed by atoms with E-state index in [0.29, 0.717) is 25.6 Å². The first-order valence-corrected chi connectivity index (χ1v) is 8.55. The zero-order valence-corrected chi connectivity index (χ0v) is 13.9. The van der Waals surface area contributed by atoms with Crippen molar-refractivity contribution in [3.8, 4) is 0 Å². The maximum Gasteiger partial charge on any atom is 0.410 e. The summed E-state index contributed by atoms with van der Waals surface area (Å²) in [6, 6.07) is 9.53. The lowest BCUT2D eigenvalue weighted by Crippen LogP contribution is -2.50. The van der Waals surface area contributed by atoms with E-state index in [-0.39, 0.29) is 30.8 Å². The van der Waals surface area contributed by atoms with Crippen LogP contribution in [-0.2, 0) is 20.9 Å². The van der Waals surface area contributed by atoms with Gasteiger partial charge in [0.05, 0.1) is 6.61 Å². The molecule has 1 amide bonds. The molecular weight excluding hydrogens is 308 g/mol. The summed E-state index contributed by atoms with van der Waals surface area (Å²) in [5, 5.41) is 3.31. The molecule has 6 heteroatoms. The van der Waals surface area contributed by atoms with Crippen molar-refractivity contribution in [3.63, 3.8) is 0 Å². The first-order chi connectivity index (χ1) is 11.7. The average Bonchev–Trinajstić information content (AvgIpc) is 3.04. The molecule has 2 aliphatic rings. The Hall–Kier alpha value is -2.08. The van der Waals surface area contributed by atoms with Crippen LogP contribution in [0.2, 0.25) is 0 Å². The molecule has 1 N–H and O–H groups in total. The minimum absolute atomic E-state index is 0.137. The van der Waals surface area contributed by atoms with Crippen LogP contribution < -0.4 is 5.32 Å². The molecule has 1 aromatic carbocycles. The van der Waals surface area contributed by atoms with Crippen molar-refractivity contribution in [2.24, 2.45) is 5.92 Å². The molecule has 0 aliphatic carbocycles. The number of piperidine rings is 1. The quantitative estimate of drug-likeness (QED) is 0.854. The van der Waals surface area contributed by atoms with E-state index in [9.17, 15) is 9.59 Å². The molecule has 2 aliphatic heterocycles. The zero-order valence-electron chi connectivity index (χ0n) is 13.9. The molecule has 6 nitrogen and oxygen atoms in total. The highest BCUT2D eigenvalue weighted by atomic mass is 16.6. The monoisotopic (exact) mass is 332 g/mol. The molecule has 0 aromatic heterocycles. The second-order valence-electron chi connectivity index (χ2n) is 6.35. The van der Waals surface area contributed by atoms with E-state index in [1.807, 2.05) is 37.3 Å².